The third-order valence-corrected chi connectivity index (χ3v) is 2.57. The smallest absolute Gasteiger partial charge is 0.328 e. The number of hydrogen-bond acceptors (Lipinski definition) is 5. The number of carboxylic acids is 1. The Kier molecular flexibility index (Phi) is 4.87. The van der Waals surface area contributed by atoms with Gasteiger partial charge in [-0.05, 0) is 18.2 Å². The van der Waals surface area contributed by atoms with Crippen LogP contribution in [0.2, 0.25) is 0 Å². The van der Waals surface area contributed by atoms with Gasteiger partial charge in [0.15, 0.2) is 17.3 Å². The van der Waals surface area contributed by atoms with E-state index in [9.17, 15) is 4.79 Å². The summed E-state index contributed by atoms with van der Waals surface area (Å²) in [6.07, 6.45) is 5.53. The van der Waals surface area contributed by atoms with Crippen LogP contribution in [0.1, 0.15) is 11.4 Å². The Morgan fingerprint density at radius 3 is 2.52 bits per heavy atom. The van der Waals surface area contributed by atoms with E-state index in [1.165, 1.54) is 18.5 Å². The predicted octanol–water partition coefficient (Wildman–Crippen LogP) is 2.16. The molecule has 0 atom stereocenters. The maximum Gasteiger partial charge on any atom is 0.328 e. The van der Waals surface area contributed by atoms with Crippen LogP contribution in [0, 0.1) is 0 Å². The van der Waals surface area contributed by atoms with Gasteiger partial charge in [0.1, 0.15) is 6.61 Å². The fourth-order valence-corrected chi connectivity index (χ4v) is 1.57. The quantitative estimate of drug-likeness (QED) is 0.819. The lowest BCUT2D eigenvalue weighted by atomic mass is 10.3. The van der Waals surface area contributed by atoms with Gasteiger partial charge in [-0.2, -0.15) is 0 Å². The minimum absolute atomic E-state index is 0.198. The molecule has 1 N–H and O–H groups in total. The Morgan fingerprint density at radius 2 is 1.90 bits per heavy atom. The van der Waals surface area contributed by atoms with Gasteiger partial charge in [0.25, 0.3) is 0 Å². The summed E-state index contributed by atoms with van der Waals surface area (Å²) in [5.74, 6) is 0.726. The second-order valence-electron chi connectivity index (χ2n) is 4.04. The SMILES string of the molecule is COc1ccccc1OCc1ncc(/C=C/C(=O)O)cn1. The maximum atomic E-state index is 10.4. The minimum atomic E-state index is -1.02. The highest BCUT2D eigenvalue weighted by Crippen LogP contribution is 2.26. The van der Waals surface area contributed by atoms with E-state index in [2.05, 4.69) is 9.97 Å². The fraction of sp³-hybridized carbons (Fsp3) is 0.133. The van der Waals surface area contributed by atoms with E-state index >= 15 is 0 Å². The summed E-state index contributed by atoms with van der Waals surface area (Å²) >= 11 is 0. The molecule has 0 aliphatic carbocycles. The van der Waals surface area contributed by atoms with Crippen molar-refractivity contribution in [1.82, 2.24) is 9.97 Å². The van der Waals surface area contributed by atoms with Crippen LogP contribution in [-0.2, 0) is 11.4 Å². The predicted molar refractivity (Wildman–Crippen MR) is 76.0 cm³/mol. The molecule has 2 aromatic rings. The van der Waals surface area contributed by atoms with Crippen molar-refractivity contribution < 1.29 is 19.4 Å². The molecule has 6 heteroatoms. The normalized spacial score (nSPS) is 10.5. The number of rotatable bonds is 6. The molecule has 6 nitrogen and oxygen atoms in total. The molecular weight excluding hydrogens is 272 g/mol. The molecule has 2 rings (SSSR count). The van der Waals surface area contributed by atoms with Crippen molar-refractivity contribution in [2.45, 2.75) is 6.61 Å². The van der Waals surface area contributed by atoms with Gasteiger partial charge < -0.3 is 14.6 Å². The third kappa shape index (κ3) is 4.31. The molecule has 0 unspecified atom stereocenters. The van der Waals surface area contributed by atoms with Gasteiger partial charge in [-0.25, -0.2) is 14.8 Å². The van der Waals surface area contributed by atoms with Crippen molar-refractivity contribution in [2.24, 2.45) is 0 Å². The first-order chi connectivity index (χ1) is 10.2. The summed E-state index contributed by atoms with van der Waals surface area (Å²) in [5.41, 5.74) is 0.610. The highest BCUT2D eigenvalue weighted by Gasteiger charge is 2.04. The molecule has 0 aliphatic rings. The van der Waals surface area contributed by atoms with Crippen LogP contribution < -0.4 is 9.47 Å². The highest BCUT2D eigenvalue weighted by molar-refractivity contribution is 5.85. The van der Waals surface area contributed by atoms with E-state index in [-0.39, 0.29) is 6.61 Å². The van der Waals surface area contributed by atoms with Gasteiger partial charge in [0.05, 0.1) is 7.11 Å². The van der Waals surface area contributed by atoms with E-state index in [0.717, 1.165) is 6.08 Å². The first-order valence-corrected chi connectivity index (χ1v) is 6.17. The number of aliphatic carboxylic acids is 1. The van der Waals surface area contributed by atoms with Crippen molar-refractivity contribution in [1.29, 1.82) is 0 Å². The molecule has 0 saturated heterocycles. The largest absolute Gasteiger partial charge is 0.493 e. The van der Waals surface area contributed by atoms with Gasteiger partial charge in [0, 0.05) is 24.0 Å². The fourth-order valence-electron chi connectivity index (χ4n) is 1.57. The number of methoxy groups -OCH3 is 1. The van der Waals surface area contributed by atoms with Gasteiger partial charge in [0.2, 0.25) is 0 Å². The molecule has 1 heterocycles. The summed E-state index contributed by atoms with van der Waals surface area (Å²) in [6.45, 7) is 0.198. The summed E-state index contributed by atoms with van der Waals surface area (Å²) in [5, 5.41) is 8.53. The van der Waals surface area contributed by atoms with Crippen LogP contribution in [0.4, 0.5) is 0 Å². The average Bonchev–Trinajstić information content (AvgIpc) is 2.52. The zero-order chi connectivity index (χ0) is 15.1. The van der Waals surface area contributed by atoms with Crippen LogP contribution in [-0.4, -0.2) is 28.2 Å². The number of carbonyl (C=O) groups is 1. The Labute approximate surface area is 121 Å². The molecular formula is C15H14N2O4. The molecule has 0 saturated carbocycles. The van der Waals surface area contributed by atoms with Crippen molar-refractivity contribution in [3.05, 3.63) is 54.1 Å². The number of benzene rings is 1. The van der Waals surface area contributed by atoms with Crippen molar-refractivity contribution in [2.75, 3.05) is 7.11 Å². The molecule has 0 radical (unpaired) electrons. The number of carboxylic acid groups (broad SMARTS) is 1. The monoisotopic (exact) mass is 286 g/mol. The van der Waals surface area contributed by atoms with E-state index in [1.54, 1.807) is 19.2 Å². The summed E-state index contributed by atoms with van der Waals surface area (Å²) < 4.78 is 10.8. The first-order valence-electron chi connectivity index (χ1n) is 6.17. The lowest BCUT2D eigenvalue weighted by Gasteiger charge is -2.09. The topological polar surface area (TPSA) is 81.5 Å². The van der Waals surface area contributed by atoms with Gasteiger partial charge in [-0.3, -0.25) is 0 Å². The number of ether oxygens (including phenoxy) is 2. The Balaban J connectivity index is 1.99. The van der Waals surface area contributed by atoms with Gasteiger partial charge in [-0.15, -0.1) is 0 Å². The van der Waals surface area contributed by atoms with Crippen LogP contribution in [0.15, 0.2) is 42.7 Å². The standard InChI is InChI=1S/C15H14N2O4/c1-20-12-4-2-3-5-13(12)21-10-14-16-8-11(9-17-14)6-7-15(18)19/h2-9H,10H2,1H3,(H,18,19)/b7-6+. The molecule has 0 bridgehead atoms. The van der Waals surface area contributed by atoms with Crippen molar-refractivity contribution in [3.8, 4) is 11.5 Å². The molecule has 108 valence electrons. The highest BCUT2D eigenvalue weighted by atomic mass is 16.5. The number of aromatic nitrogens is 2. The maximum absolute atomic E-state index is 10.4. The van der Waals surface area contributed by atoms with E-state index < -0.39 is 5.97 Å². The summed E-state index contributed by atoms with van der Waals surface area (Å²) in [6, 6.07) is 7.29. The number of nitrogens with zero attached hydrogens (tertiary/aromatic N) is 2. The van der Waals surface area contributed by atoms with Crippen molar-refractivity contribution >= 4 is 12.0 Å². The molecule has 0 spiro atoms. The number of hydrogen-bond donors (Lipinski definition) is 1. The van der Waals surface area contributed by atoms with Crippen LogP contribution in [0.5, 0.6) is 11.5 Å². The van der Waals surface area contributed by atoms with Crippen LogP contribution in [0.3, 0.4) is 0 Å². The molecule has 0 fully saturated rings. The average molecular weight is 286 g/mol. The van der Waals surface area contributed by atoms with Crippen LogP contribution in [0.25, 0.3) is 6.08 Å². The van der Waals surface area contributed by atoms with Gasteiger partial charge in [-0.1, -0.05) is 12.1 Å². The van der Waals surface area contributed by atoms with E-state index in [1.807, 2.05) is 12.1 Å². The van der Waals surface area contributed by atoms with E-state index in [0.29, 0.717) is 22.9 Å². The van der Waals surface area contributed by atoms with E-state index in [4.69, 9.17) is 14.6 Å². The Bertz CT molecular complexity index is 638. The second-order valence-corrected chi connectivity index (χ2v) is 4.04. The molecule has 0 aliphatic heterocycles. The zero-order valence-electron chi connectivity index (χ0n) is 11.4. The molecule has 21 heavy (non-hydrogen) atoms. The lowest BCUT2D eigenvalue weighted by molar-refractivity contribution is -0.131. The minimum Gasteiger partial charge on any atom is -0.493 e. The Hall–Kier alpha value is -2.89. The molecule has 0 amide bonds. The third-order valence-electron chi connectivity index (χ3n) is 2.57. The van der Waals surface area contributed by atoms with Crippen LogP contribution >= 0.6 is 0 Å². The number of para-hydroxylation sites is 2. The van der Waals surface area contributed by atoms with Gasteiger partial charge >= 0.3 is 5.97 Å². The lowest BCUT2D eigenvalue weighted by Crippen LogP contribution is -2.02. The Morgan fingerprint density at radius 1 is 1.24 bits per heavy atom. The summed E-state index contributed by atoms with van der Waals surface area (Å²) in [7, 11) is 1.57. The second kappa shape index (κ2) is 7.04. The summed E-state index contributed by atoms with van der Waals surface area (Å²) in [4.78, 5) is 18.6. The van der Waals surface area contributed by atoms with Crippen molar-refractivity contribution in [3.63, 3.8) is 0 Å². The molecule has 1 aromatic carbocycles. The first kappa shape index (κ1) is 14.5. The zero-order valence-corrected chi connectivity index (χ0v) is 11.4. The molecule has 1 aromatic heterocycles.